The van der Waals surface area contributed by atoms with E-state index in [4.69, 9.17) is 2.74 Å². The van der Waals surface area contributed by atoms with Gasteiger partial charge in [0.1, 0.15) is 0 Å². The fraction of sp³-hybridized carbons (Fsp3) is 0. The minimum atomic E-state index is -0.426. The van der Waals surface area contributed by atoms with E-state index in [1.165, 1.54) is 0 Å². The van der Waals surface area contributed by atoms with E-state index in [2.05, 4.69) is 59.2 Å². The van der Waals surface area contributed by atoms with Gasteiger partial charge in [0.15, 0.2) is 0 Å². The summed E-state index contributed by atoms with van der Waals surface area (Å²) >= 11 is 0. The van der Waals surface area contributed by atoms with Gasteiger partial charge in [-0.1, -0.05) is 170 Å². The Morgan fingerprint density at radius 2 is 0.839 bits per heavy atom. The van der Waals surface area contributed by atoms with Crippen LogP contribution in [0.3, 0.4) is 0 Å². The van der Waals surface area contributed by atoms with Crippen molar-refractivity contribution >= 4 is 43.6 Å². The van der Waals surface area contributed by atoms with Crippen LogP contribution in [0, 0.1) is 0 Å². The quantitative estimate of drug-likeness (QED) is 0.162. The van der Waals surface area contributed by atoms with Crippen molar-refractivity contribution in [1.29, 1.82) is 0 Å². The van der Waals surface area contributed by atoms with Crippen LogP contribution in [0.25, 0.3) is 99.5 Å². The van der Waals surface area contributed by atoms with Gasteiger partial charge in [0, 0.05) is 32.7 Å². The van der Waals surface area contributed by atoms with Gasteiger partial charge in [0.05, 0.1) is 43.0 Å². The zero-order valence-electron chi connectivity index (χ0n) is 37.1. The van der Waals surface area contributed by atoms with Gasteiger partial charge in [-0.3, -0.25) is 0 Å². The van der Waals surface area contributed by atoms with Gasteiger partial charge in [-0.2, -0.15) is 0 Å². The van der Waals surface area contributed by atoms with Crippen molar-refractivity contribution in [2.75, 3.05) is 0 Å². The van der Waals surface area contributed by atoms with Crippen LogP contribution in [-0.4, -0.2) is 9.13 Å². The van der Waals surface area contributed by atoms with Gasteiger partial charge in [-0.25, -0.2) is 0 Å². The number of hydrogen-bond donors (Lipinski definition) is 0. The molecule has 9 aromatic carbocycles. The molecule has 0 fully saturated rings. The minimum Gasteiger partial charge on any atom is -0.309 e. The molecule has 56 heavy (non-hydrogen) atoms. The smallest absolute Gasteiger partial charge is 0.0645 e. The van der Waals surface area contributed by atoms with Crippen molar-refractivity contribution in [2.45, 2.75) is 0 Å². The van der Waals surface area contributed by atoms with Gasteiger partial charge >= 0.3 is 0 Å². The maximum Gasteiger partial charge on any atom is 0.0645 e. The third kappa shape index (κ3) is 5.19. The molecular formula is C54H36N2. The standard InChI is InChI=1S/C54H36N2/c1-4-16-37(17-5-1)42-28-31-46-48-35-41(30-33-53(48)56(54(46)36-42)50-26-14-11-23-44(50)39-20-8-3-9-21-39)40-29-32-52-47(34-40)45-24-12-15-27-51(45)55(52)49-25-13-10-22-43(49)38-18-6-2-7-19-38/h1-36H/i12D,15D,24D,27D,29D,32D,34D. The van der Waals surface area contributed by atoms with Crippen LogP contribution >= 0.6 is 0 Å². The monoisotopic (exact) mass is 719 g/mol. The molecule has 0 radical (unpaired) electrons. The molecule has 2 heterocycles. The van der Waals surface area contributed by atoms with Gasteiger partial charge in [0.2, 0.25) is 0 Å². The predicted octanol–water partition coefficient (Wildman–Crippen LogP) is 14.5. The Labute approximate surface area is 335 Å². The van der Waals surface area contributed by atoms with E-state index in [1.807, 2.05) is 121 Å². The average Bonchev–Trinajstić information content (AvgIpc) is 3.86. The van der Waals surface area contributed by atoms with E-state index in [9.17, 15) is 6.85 Å². The van der Waals surface area contributed by atoms with E-state index in [1.54, 1.807) is 4.57 Å². The van der Waals surface area contributed by atoms with E-state index in [0.717, 1.165) is 60.9 Å². The number of fused-ring (bicyclic) bond motifs is 6. The molecule has 2 heteroatoms. The lowest BCUT2D eigenvalue weighted by Crippen LogP contribution is -1.97. The number of nitrogens with zero attached hydrogens (tertiary/aromatic N) is 2. The molecule has 0 aliphatic heterocycles. The number of hydrogen-bond acceptors (Lipinski definition) is 0. The first-order valence-electron chi connectivity index (χ1n) is 22.2. The first-order chi connectivity index (χ1) is 30.7. The molecule has 2 nitrogen and oxygen atoms in total. The summed E-state index contributed by atoms with van der Waals surface area (Å²) in [6.07, 6.45) is 0. The van der Waals surface area contributed by atoms with Gasteiger partial charge in [-0.05, 0) is 81.8 Å². The van der Waals surface area contributed by atoms with Crippen molar-refractivity contribution < 1.29 is 9.60 Å². The highest BCUT2D eigenvalue weighted by atomic mass is 15.0. The highest BCUT2D eigenvalue weighted by Crippen LogP contribution is 2.41. The fourth-order valence-electron chi connectivity index (χ4n) is 8.21. The molecule has 0 aliphatic rings. The topological polar surface area (TPSA) is 9.86 Å². The second-order valence-corrected chi connectivity index (χ2v) is 14.0. The first kappa shape index (κ1) is 25.6. The van der Waals surface area contributed by atoms with Crippen molar-refractivity contribution in [2.24, 2.45) is 0 Å². The molecule has 0 amide bonds. The largest absolute Gasteiger partial charge is 0.309 e. The van der Waals surface area contributed by atoms with Crippen LogP contribution in [0.1, 0.15) is 9.60 Å². The molecule has 0 saturated carbocycles. The maximum absolute atomic E-state index is 9.96. The highest BCUT2D eigenvalue weighted by Gasteiger charge is 2.19. The molecule has 0 aliphatic carbocycles. The Balaban J connectivity index is 1.22. The van der Waals surface area contributed by atoms with E-state index < -0.39 is 12.1 Å². The Kier molecular flexibility index (Phi) is 6.01. The van der Waals surface area contributed by atoms with Crippen molar-refractivity contribution in [3.63, 3.8) is 0 Å². The summed E-state index contributed by atoms with van der Waals surface area (Å²) in [5, 5.41) is 2.21. The Morgan fingerprint density at radius 1 is 0.304 bits per heavy atom. The molecule has 11 aromatic rings. The van der Waals surface area contributed by atoms with Gasteiger partial charge < -0.3 is 9.13 Å². The Bertz CT molecular complexity index is 3630. The van der Waals surface area contributed by atoms with Crippen LogP contribution in [0.4, 0.5) is 0 Å². The molecule has 0 atom stereocenters. The molecule has 0 unspecified atom stereocenters. The molecule has 0 bridgehead atoms. The maximum atomic E-state index is 9.96. The number of rotatable bonds is 6. The van der Waals surface area contributed by atoms with Crippen LogP contribution < -0.4 is 0 Å². The first-order valence-corrected chi connectivity index (χ1v) is 18.7. The zero-order valence-corrected chi connectivity index (χ0v) is 30.1. The third-order valence-corrected chi connectivity index (χ3v) is 10.8. The Hall–Kier alpha value is -7.42. The average molecular weight is 720 g/mol. The summed E-state index contributed by atoms with van der Waals surface area (Å²) in [6, 6.07) is 56.7. The normalized spacial score (nSPS) is 13.3. The van der Waals surface area contributed by atoms with E-state index in [0.29, 0.717) is 11.3 Å². The third-order valence-electron chi connectivity index (χ3n) is 10.8. The number of aromatic nitrogens is 2. The SMILES string of the molecule is [2H]c1c([2H])c([2H])c2c(c1[2H])c1c([2H])c(-c3ccc4c(c3)c3ccc(-c5ccccc5)cc3n4-c3ccccc3-c3ccccc3)c([2H])c([2H])c1n2-c1ccccc1-c1ccccc1. The summed E-state index contributed by atoms with van der Waals surface area (Å²) in [5.41, 5.74) is 10.5. The lowest BCUT2D eigenvalue weighted by Gasteiger charge is -2.15. The molecular weight excluding hydrogens is 677 g/mol. The molecule has 11 rings (SSSR count). The lowest BCUT2D eigenvalue weighted by atomic mass is 9.99. The lowest BCUT2D eigenvalue weighted by molar-refractivity contribution is 1.18. The second-order valence-electron chi connectivity index (χ2n) is 14.0. The predicted molar refractivity (Wildman–Crippen MR) is 237 cm³/mol. The fourth-order valence-corrected chi connectivity index (χ4v) is 8.21. The number of benzene rings is 9. The van der Waals surface area contributed by atoms with Gasteiger partial charge in [-0.15, -0.1) is 0 Å². The summed E-state index contributed by atoms with van der Waals surface area (Å²) in [5.74, 6) is 0. The Morgan fingerprint density at radius 3 is 1.52 bits per heavy atom. The van der Waals surface area contributed by atoms with Crippen LogP contribution in [-0.2, 0) is 0 Å². The molecule has 0 N–H and O–H groups in total. The molecule has 0 saturated heterocycles. The summed E-state index contributed by atoms with van der Waals surface area (Å²) in [7, 11) is 0. The van der Waals surface area contributed by atoms with E-state index >= 15 is 0 Å². The van der Waals surface area contributed by atoms with E-state index in [-0.39, 0.29) is 57.6 Å². The van der Waals surface area contributed by atoms with Crippen molar-refractivity contribution in [3.8, 4) is 55.9 Å². The molecule has 262 valence electrons. The number of para-hydroxylation sites is 3. The van der Waals surface area contributed by atoms with Crippen LogP contribution in [0.5, 0.6) is 0 Å². The minimum absolute atomic E-state index is 0.0825. The van der Waals surface area contributed by atoms with Crippen LogP contribution in [0.2, 0.25) is 0 Å². The van der Waals surface area contributed by atoms with Crippen molar-refractivity contribution in [3.05, 3.63) is 218 Å². The molecule has 0 spiro atoms. The van der Waals surface area contributed by atoms with Gasteiger partial charge in [0.25, 0.3) is 0 Å². The summed E-state index contributed by atoms with van der Waals surface area (Å²) in [6.45, 7) is 0. The van der Waals surface area contributed by atoms with Crippen molar-refractivity contribution in [1.82, 2.24) is 9.13 Å². The zero-order chi connectivity index (χ0) is 43.1. The second kappa shape index (κ2) is 13.2. The highest BCUT2D eigenvalue weighted by molar-refractivity contribution is 6.13. The molecule has 2 aromatic heterocycles. The summed E-state index contributed by atoms with van der Waals surface area (Å²) in [4.78, 5) is 0. The van der Waals surface area contributed by atoms with Crippen LogP contribution in [0.15, 0.2) is 218 Å². The summed E-state index contributed by atoms with van der Waals surface area (Å²) < 4.78 is 69.3.